The maximum absolute atomic E-state index is 13.2. The van der Waals surface area contributed by atoms with Crippen molar-refractivity contribution < 1.29 is 9.13 Å². The van der Waals surface area contributed by atoms with E-state index in [0.717, 1.165) is 18.8 Å². The first kappa shape index (κ1) is 9.46. The van der Waals surface area contributed by atoms with Gasteiger partial charge in [0.1, 0.15) is 5.82 Å². The van der Waals surface area contributed by atoms with E-state index in [1.54, 1.807) is 20.1 Å². The van der Waals surface area contributed by atoms with Crippen LogP contribution < -0.4 is 4.90 Å². The Kier molecular flexibility index (Phi) is 2.42. The van der Waals surface area contributed by atoms with Gasteiger partial charge in [-0.25, -0.2) is 4.39 Å². The lowest BCUT2D eigenvalue weighted by Gasteiger charge is -2.40. The number of anilines is 1. The Hall–Kier alpha value is -1.09. The molecule has 0 unspecified atom stereocenters. The molecule has 1 fully saturated rings. The summed E-state index contributed by atoms with van der Waals surface area (Å²) in [5.41, 5.74) is 1.64. The third-order valence-electron chi connectivity index (χ3n) is 2.70. The van der Waals surface area contributed by atoms with Crippen LogP contribution in [0.1, 0.15) is 5.56 Å². The van der Waals surface area contributed by atoms with Crippen molar-refractivity contribution in [1.29, 1.82) is 0 Å². The minimum absolute atomic E-state index is 0.136. The Bertz CT molecular complexity index is 334. The van der Waals surface area contributed by atoms with E-state index in [-0.39, 0.29) is 5.82 Å². The van der Waals surface area contributed by atoms with Gasteiger partial charge >= 0.3 is 0 Å². The molecule has 0 aliphatic carbocycles. The maximum atomic E-state index is 13.2. The molecule has 0 aromatic heterocycles. The monoisotopic (exact) mass is 195 g/mol. The minimum Gasteiger partial charge on any atom is -0.378 e. The van der Waals surface area contributed by atoms with Crippen LogP contribution in [0.3, 0.4) is 0 Å². The van der Waals surface area contributed by atoms with E-state index in [0.29, 0.717) is 11.7 Å². The molecule has 2 rings (SSSR count). The largest absolute Gasteiger partial charge is 0.378 e. The molecule has 2 nitrogen and oxygen atoms in total. The minimum atomic E-state index is -0.136. The Morgan fingerprint density at radius 1 is 1.43 bits per heavy atom. The number of aryl methyl sites for hydroxylation is 1. The van der Waals surface area contributed by atoms with Crippen LogP contribution in [0, 0.1) is 12.7 Å². The number of methoxy groups -OCH3 is 1. The molecule has 1 aliphatic heterocycles. The molecule has 0 atom stereocenters. The van der Waals surface area contributed by atoms with Crippen molar-refractivity contribution >= 4 is 5.69 Å². The average molecular weight is 195 g/mol. The van der Waals surface area contributed by atoms with Gasteiger partial charge in [-0.2, -0.15) is 0 Å². The Balaban J connectivity index is 2.08. The summed E-state index contributed by atoms with van der Waals surface area (Å²) in [6, 6.07) is 5.34. The molecule has 1 saturated heterocycles. The predicted molar refractivity (Wildman–Crippen MR) is 54.1 cm³/mol. The summed E-state index contributed by atoms with van der Waals surface area (Å²) in [7, 11) is 1.71. The number of nitrogens with zero attached hydrogens (tertiary/aromatic N) is 1. The summed E-state index contributed by atoms with van der Waals surface area (Å²) in [4.78, 5) is 2.11. The Morgan fingerprint density at radius 2 is 2.14 bits per heavy atom. The van der Waals surface area contributed by atoms with Crippen molar-refractivity contribution in [1.82, 2.24) is 0 Å². The third-order valence-corrected chi connectivity index (χ3v) is 2.70. The summed E-state index contributed by atoms with van der Waals surface area (Å²) in [6.07, 6.45) is 0.305. The van der Waals surface area contributed by atoms with Crippen LogP contribution in [0.15, 0.2) is 18.2 Å². The molecule has 1 aromatic carbocycles. The van der Waals surface area contributed by atoms with Crippen LogP contribution in [0.25, 0.3) is 0 Å². The van der Waals surface area contributed by atoms with Crippen molar-refractivity contribution in [3.63, 3.8) is 0 Å². The molecule has 0 spiro atoms. The number of hydrogen-bond donors (Lipinski definition) is 0. The van der Waals surface area contributed by atoms with Gasteiger partial charge in [-0.05, 0) is 24.6 Å². The summed E-state index contributed by atoms with van der Waals surface area (Å²) in [5, 5.41) is 0. The molecule has 0 saturated carbocycles. The third kappa shape index (κ3) is 1.60. The lowest BCUT2D eigenvalue weighted by molar-refractivity contribution is 0.0787. The molecule has 0 bridgehead atoms. The smallest absolute Gasteiger partial charge is 0.128 e. The lowest BCUT2D eigenvalue weighted by Crippen LogP contribution is -2.51. The van der Waals surface area contributed by atoms with Gasteiger partial charge in [0, 0.05) is 25.9 Å². The molecule has 1 aliphatic rings. The van der Waals surface area contributed by atoms with Gasteiger partial charge < -0.3 is 9.64 Å². The van der Waals surface area contributed by atoms with Crippen molar-refractivity contribution in [3.8, 4) is 0 Å². The highest BCUT2D eigenvalue weighted by Gasteiger charge is 2.26. The summed E-state index contributed by atoms with van der Waals surface area (Å²) in [6.45, 7) is 3.49. The van der Waals surface area contributed by atoms with Crippen LogP contribution in [0.5, 0.6) is 0 Å². The molecule has 1 heterocycles. The average Bonchev–Trinajstić information content (AvgIpc) is 2.09. The number of rotatable bonds is 2. The van der Waals surface area contributed by atoms with E-state index in [1.807, 2.05) is 12.1 Å². The highest BCUT2D eigenvalue weighted by atomic mass is 19.1. The van der Waals surface area contributed by atoms with E-state index in [4.69, 9.17) is 4.74 Å². The Morgan fingerprint density at radius 3 is 2.71 bits per heavy atom. The summed E-state index contributed by atoms with van der Waals surface area (Å²) < 4.78 is 18.4. The standard InChI is InChI=1S/C11H14FNO/c1-8-3-4-9(5-11(8)12)13-6-10(7-13)14-2/h3-5,10H,6-7H2,1-2H3. The zero-order valence-electron chi connectivity index (χ0n) is 8.46. The highest BCUT2D eigenvalue weighted by Crippen LogP contribution is 2.23. The van der Waals surface area contributed by atoms with Crippen LogP contribution in [0.2, 0.25) is 0 Å². The van der Waals surface area contributed by atoms with E-state index in [2.05, 4.69) is 4.90 Å². The second-order valence-electron chi connectivity index (χ2n) is 3.70. The van der Waals surface area contributed by atoms with Gasteiger partial charge in [0.05, 0.1) is 6.10 Å². The normalized spacial score (nSPS) is 16.9. The fourth-order valence-electron chi connectivity index (χ4n) is 1.58. The zero-order chi connectivity index (χ0) is 10.1. The second kappa shape index (κ2) is 3.58. The van der Waals surface area contributed by atoms with Gasteiger partial charge in [-0.3, -0.25) is 0 Å². The number of halogens is 1. The molecule has 0 N–H and O–H groups in total. The first-order valence-electron chi connectivity index (χ1n) is 4.74. The van der Waals surface area contributed by atoms with Gasteiger partial charge in [0.25, 0.3) is 0 Å². The molecule has 1 aromatic rings. The summed E-state index contributed by atoms with van der Waals surface area (Å²) in [5.74, 6) is -0.136. The zero-order valence-corrected chi connectivity index (χ0v) is 8.46. The van der Waals surface area contributed by atoms with Crippen molar-refractivity contribution in [2.75, 3.05) is 25.1 Å². The quantitative estimate of drug-likeness (QED) is 0.715. The number of benzene rings is 1. The molecular formula is C11H14FNO. The van der Waals surface area contributed by atoms with Gasteiger partial charge in [-0.1, -0.05) is 6.07 Å². The van der Waals surface area contributed by atoms with Crippen LogP contribution in [-0.2, 0) is 4.74 Å². The molecule has 3 heteroatoms. The van der Waals surface area contributed by atoms with Crippen LogP contribution in [-0.4, -0.2) is 26.3 Å². The summed E-state index contributed by atoms with van der Waals surface area (Å²) >= 11 is 0. The first-order valence-corrected chi connectivity index (χ1v) is 4.74. The van der Waals surface area contributed by atoms with Crippen LogP contribution in [0.4, 0.5) is 10.1 Å². The first-order chi connectivity index (χ1) is 6.70. The highest BCUT2D eigenvalue weighted by molar-refractivity contribution is 5.50. The van der Waals surface area contributed by atoms with Crippen molar-refractivity contribution in [2.45, 2.75) is 13.0 Å². The number of ether oxygens (including phenoxy) is 1. The molecule has 76 valence electrons. The SMILES string of the molecule is COC1CN(c2ccc(C)c(F)c2)C1. The van der Waals surface area contributed by atoms with Crippen LogP contribution >= 0.6 is 0 Å². The van der Waals surface area contributed by atoms with Gasteiger partial charge in [0.2, 0.25) is 0 Å². The Labute approximate surface area is 83.3 Å². The lowest BCUT2D eigenvalue weighted by atomic mass is 10.1. The fourth-order valence-corrected chi connectivity index (χ4v) is 1.58. The molecule has 14 heavy (non-hydrogen) atoms. The van der Waals surface area contributed by atoms with Crippen molar-refractivity contribution in [3.05, 3.63) is 29.6 Å². The van der Waals surface area contributed by atoms with Gasteiger partial charge in [0.15, 0.2) is 0 Å². The predicted octanol–water partition coefficient (Wildman–Crippen LogP) is 1.97. The van der Waals surface area contributed by atoms with Crippen molar-refractivity contribution in [2.24, 2.45) is 0 Å². The fraction of sp³-hybridized carbons (Fsp3) is 0.455. The number of hydrogen-bond acceptors (Lipinski definition) is 2. The second-order valence-corrected chi connectivity index (χ2v) is 3.70. The molecule has 0 radical (unpaired) electrons. The van der Waals surface area contributed by atoms with E-state index in [9.17, 15) is 4.39 Å². The topological polar surface area (TPSA) is 12.5 Å². The van der Waals surface area contributed by atoms with E-state index < -0.39 is 0 Å². The van der Waals surface area contributed by atoms with E-state index >= 15 is 0 Å². The van der Waals surface area contributed by atoms with Gasteiger partial charge in [-0.15, -0.1) is 0 Å². The maximum Gasteiger partial charge on any atom is 0.128 e. The molecule has 0 amide bonds. The van der Waals surface area contributed by atoms with E-state index in [1.165, 1.54) is 0 Å². The molecular weight excluding hydrogens is 181 g/mol.